The number of hydrogen-bond donors (Lipinski definition) is 1. The van der Waals surface area contributed by atoms with E-state index in [1.165, 1.54) is 19.3 Å². The van der Waals surface area contributed by atoms with E-state index in [-0.39, 0.29) is 18.6 Å². The van der Waals surface area contributed by atoms with Gasteiger partial charge in [-0.15, -0.1) is 0 Å². The smallest absolute Gasteiger partial charge is 0.330 e. The van der Waals surface area contributed by atoms with Gasteiger partial charge in [0.05, 0.1) is 13.2 Å². The van der Waals surface area contributed by atoms with Gasteiger partial charge in [-0.05, 0) is 31.6 Å². The molecule has 0 aliphatic heterocycles. The number of amides is 1. The van der Waals surface area contributed by atoms with Crippen molar-refractivity contribution in [2.75, 3.05) is 20.8 Å². The van der Waals surface area contributed by atoms with Crippen LogP contribution in [0, 0.1) is 5.92 Å². The molecule has 1 fully saturated rings. The quantitative estimate of drug-likeness (QED) is 0.592. The SMILES string of the molecule is COC(=O)/C=C/CNC(=O)C(F)C1CCC(OC)CC1. The molecule has 0 aromatic carbocycles. The molecule has 0 saturated heterocycles. The molecule has 1 unspecified atom stereocenters. The Balaban J connectivity index is 2.29. The van der Waals surface area contributed by atoms with Crippen molar-refractivity contribution in [1.82, 2.24) is 5.32 Å². The van der Waals surface area contributed by atoms with E-state index in [1.54, 1.807) is 7.11 Å². The number of carbonyl (C=O) groups is 2. The lowest BCUT2D eigenvalue weighted by Crippen LogP contribution is -2.38. The second kappa shape index (κ2) is 8.68. The minimum Gasteiger partial charge on any atom is -0.466 e. The summed E-state index contributed by atoms with van der Waals surface area (Å²) < 4.78 is 23.6. The highest BCUT2D eigenvalue weighted by Crippen LogP contribution is 2.29. The fraction of sp³-hybridized carbons (Fsp3) is 0.714. The highest BCUT2D eigenvalue weighted by Gasteiger charge is 2.31. The first kappa shape index (κ1) is 16.6. The van der Waals surface area contributed by atoms with Gasteiger partial charge in [0.25, 0.3) is 5.91 Å². The van der Waals surface area contributed by atoms with Gasteiger partial charge in [-0.3, -0.25) is 4.79 Å². The zero-order valence-electron chi connectivity index (χ0n) is 11.9. The molecule has 0 radical (unpaired) electrons. The standard InChI is InChI=1S/C14H22FNO4/c1-19-11-7-5-10(6-8-11)13(15)14(18)16-9-3-4-12(17)20-2/h3-4,10-11,13H,5-9H2,1-2H3,(H,16,18)/b4-3+. The Kier molecular flexibility index (Phi) is 7.22. The molecule has 6 heteroatoms. The lowest BCUT2D eigenvalue weighted by molar-refractivity contribution is -0.135. The Morgan fingerprint density at radius 2 is 1.95 bits per heavy atom. The lowest BCUT2D eigenvalue weighted by Gasteiger charge is -2.29. The molecular weight excluding hydrogens is 265 g/mol. The predicted octanol–water partition coefficient (Wildman–Crippen LogP) is 1.38. The summed E-state index contributed by atoms with van der Waals surface area (Å²) >= 11 is 0. The van der Waals surface area contributed by atoms with Crippen LogP contribution in [0.5, 0.6) is 0 Å². The van der Waals surface area contributed by atoms with E-state index in [2.05, 4.69) is 10.1 Å². The Bertz CT molecular complexity index is 351. The van der Waals surface area contributed by atoms with Crippen LogP contribution >= 0.6 is 0 Å². The average molecular weight is 287 g/mol. The van der Waals surface area contributed by atoms with Gasteiger partial charge in [0.2, 0.25) is 0 Å². The summed E-state index contributed by atoms with van der Waals surface area (Å²) in [5.74, 6) is -1.37. The first-order valence-electron chi connectivity index (χ1n) is 6.77. The molecule has 1 rings (SSSR count). The number of rotatable bonds is 6. The van der Waals surface area contributed by atoms with Crippen LogP contribution in [-0.2, 0) is 19.1 Å². The third-order valence-electron chi connectivity index (χ3n) is 3.57. The molecule has 0 aromatic heterocycles. The van der Waals surface area contributed by atoms with E-state index in [0.717, 1.165) is 12.8 Å². The Morgan fingerprint density at radius 1 is 1.30 bits per heavy atom. The van der Waals surface area contributed by atoms with Crippen molar-refractivity contribution < 1.29 is 23.5 Å². The van der Waals surface area contributed by atoms with Crippen LogP contribution in [0.4, 0.5) is 4.39 Å². The van der Waals surface area contributed by atoms with Crippen molar-refractivity contribution in [3.63, 3.8) is 0 Å². The summed E-state index contributed by atoms with van der Waals surface area (Å²) in [6.45, 7) is 0.113. The molecule has 1 saturated carbocycles. The number of methoxy groups -OCH3 is 2. The molecule has 5 nitrogen and oxygen atoms in total. The largest absolute Gasteiger partial charge is 0.466 e. The van der Waals surface area contributed by atoms with Gasteiger partial charge in [-0.25, -0.2) is 9.18 Å². The van der Waals surface area contributed by atoms with Crippen molar-refractivity contribution in [3.05, 3.63) is 12.2 Å². The third kappa shape index (κ3) is 5.28. The van der Waals surface area contributed by atoms with Crippen molar-refractivity contribution in [2.45, 2.75) is 38.0 Å². The summed E-state index contributed by atoms with van der Waals surface area (Å²) in [7, 11) is 2.91. The molecule has 20 heavy (non-hydrogen) atoms. The number of carbonyl (C=O) groups excluding carboxylic acids is 2. The second-order valence-corrected chi connectivity index (χ2v) is 4.84. The zero-order valence-corrected chi connectivity index (χ0v) is 11.9. The van der Waals surface area contributed by atoms with Gasteiger partial charge in [-0.2, -0.15) is 0 Å². The van der Waals surface area contributed by atoms with Crippen LogP contribution in [0.2, 0.25) is 0 Å². The second-order valence-electron chi connectivity index (χ2n) is 4.84. The van der Waals surface area contributed by atoms with Crippen LogP contribution in [0.15, 0.2) is 12.2 Å². The number of esters is 1. The Hall–Kier alpha value is -1.43. The average Bonchev–Trinajstić information content (AvgIpc) is 2.50. The minimum atomic E-state index is -1.50. The first-order valence-corrected chi connectivity index (χ1v) is 6.77. The number of nitrogens with one attached hydrogen (secondary N) is 1. The lowest BCUT2D eigenvalue weighted by atomic mass is 9.84. The molecule has 1 aliphatic carbocycles. The number of halogens is 1. The van der Waals surface area contributed by atoms with Crippen molar-refractivity contribution >= 4 is 11.9 Å². The minimum absolute atomic E-state index is 0.113. The van der Waals surface area contributed by atoms with E-state index in [4.69, 9.17) is 4.74 Å². The van der Waals surface area contributed by atoms with Crippen LogP contribution in [-0.4, -0.2) is 44.9 Å². The van der Waals surface area contributed by atoms with Gasteiger partial charge in [0.15, 0.2) is 6.17 Å². The number of hydrogen-bond acceptors (Lipinski definition) is 4. The first-order chi connectivity index (χ1) is 9.58. The molecule has 0 bridgehead atoms. The van der Waals surface area contributed by atoms with Gasteiger partial charge in [0.1, 0.15) is 0 Å². The van der Waals surface area contributed by atoms with Crippen molar-refractivity contribution in [3.8, 4) is 0 Å². The highest BCUT2D eigenvalue weighted by molar-refractivity contribution is 5.83. The Morgan fingerprint density at radius 3 is 2.50 bits per heavy atom. The fourth-order valence-electron chi connectivity index (χ4n) is 2.31. The van der Waals surface area contributed by atoms with E-state index >= 15 is 0 Å². The highest BCUT2D eigenvalue weighted by atomic mass is 19.1. The van der Waals surface area contributed by atoms with E-state index in [0.29, 0.717) is 12.8 Å². The summed E-state index contributed by atoms with van der Waals surface area (Å²) in [6, 6.07) is 0. The van der Waals surface area contributed by atoms with Gasteiger partial charge in [-0.1, -0.05) is 6.08 Å². The molecule has 0 heterocycles. The maximum atomic E-state index is 14.0. The molecule has 0 spiro atoms. The molecular formula is C14H22FNO4. The van der Waals surface area contributed by atoms with Gasteiger partial charge in [0, 0.05) is 19.7 Å². The molecule has 1 atom stereocenters. The van der Waals surface area contributed by atoms with E-state index in [1.807, 2.05) is 0 Å². The molecule has 1 aliphatic rings. The van der Waals surface area contributed by atoms with Crippen LogP contribution in [0.1, 0.15) is 25.7 Å². The van der Waals surface area contributed by atoms with Crippen molar-refractivity contribution in [2.24, 2.45) is 5.92 Å². The van der Waals surface area contributed by atoms with Crippen LogP contribution in [0.3, 0.4) is 0 Å². The maximum Gasteiger partial charge on any atom is 0.330 e. The summed E-state index contributed by atoms with van der Waals surface area (Å²) in [5, 5.41) is 2.44. The number of ether oxygens (including phenoxy) is 2. The van der Waals surface area contributed by atoms with Crippen LogP contribution < -0.4 is 5.32 Å². The summed E-state index contributed by atoms with van der Waals surface area (Å²) in [5.41, 5.74) is 0. The molecule has 0 aromatic rings. The Labute approximate surface area is 118 Å². The molecule has 1 amide bonds. The van der Waals surface area contributed by atoms with Gasteiger partial charge >= 0.3 is 5.97 Å². The summed E-state index contributed by atoms with van der Waals surface area (Å²) in [6.07, 6.45) is 4.20. The summed E-state index contributed by atoms with van der Waals surface area (Å²) in [4.78, 5) is 22.4. The third-order valence-corrected chi connectivity index (χ3v) is 3.57. The molecule has 114 valence electrons. The normalized spacial score (nSPS) is 24.4. The monoisotopic (exact) mass is 287 g/mol. The maximum absolute atomic E-state index is 14.0. The van der Waals surface area contributed by atoms with Gasteiger partial charge < -0.3 is 14.8 Å². The van der Waals surface area contributed by atoms with Crippen molar-refractivity contribution in [1.29, 1.82) is 0 Å². The molecule has 1 N–H and O–H groups in total. The van der Waals surface area contributed by atoms with E-state index < -0.39 is 18.0 Å². The van der Waals surface area contributed by atoms with E-state index in [9.17, 15) is 14.0 Å². The van der Waals surface area contributed by atoms with Crippen LogP contribution in [0.25, 0.3) is 0 Å². The fourth-order valence-corrected chi connectivity index (χ4v) is 2.31. The number of alkyl halides is 1. The topological polar surface area (TPSA) is 64.6 Å². The predicted molar refractivity (Wildman–Crippen MR) is 71.8 cm³/mol. The zero-order chi connectivity index (χ0) is 15.0.